The second kappa shape index (κ2) is 8.44. The molecule has 0 aliphatic carbocycles. The largest absolute Gasteiger partial charge is 0.305 e. The Balaban J connectivity index is 2.07. The Hall–Kier alpha value is -1.00. The standard InChI is InChI=1S/C16H22ClN3S/c1-3-4-6-13-7-9-14(10-8-13)15-18-19-16(20(15)2)21-12-5-11-17/h7-10H,3-6,11-12H2,1-2H3. The molecule has 1 heterocycles. The molecule has 0 N–H and O–H groups in total. The van der Waals surface area contributed by atoms with Crippen LogP contribution < -0.4 is 0 Å². The predicted molar refractivity (Wildman–Crippen MR) is 91.1 cm³/mol. The molecule has 0 aliphatic heterocycles. The van der Waals surface area contributed by atoms with Crippen molar-refractivity contribution in [2.24, 2.45) is 7.05 Å². The number of thioether (sulfide) groups is 1. The van der Waals surface area contributed by atoms with Gasteiger partial charge in [0.1, 0.15) is 0 Å². The van der Waals surface area contributed by atoms with E-state index in [0.717, 1.165) is 35.1 Å². The fraction of sp³-hybridized carbons (Fsp3) is 0.500. The molecule has 1 aromatic carbocycles. The van der Waals surface area contributed by atoms with Gasteiger partial charge >= 0.3 is 0 Å². The van der Waals surface area contributed by atoms with Crippen LogP contribution in [-0.2, 0) is 13.5 Å². The van der Waals surface area contributed by atoms with Gasteiger partial charge in [-0.3, -0.25) is 0 Å². The van der Waals surface area contributed by atoms with Crippen LogP contribution >= 0.6 is 23.4 Å². The van der Waals surface area contributed by atoms with E-state index in [4.69, 9.17) is 11.6 Å². The number of hydrogen-bond donors (Lipinski definition) is 0. The highest BCUT2D eigenvalue weighted by Gasteiger charge is 2.10. The SMILES string of the molecule is CCCCc1ccc(-c2nnc(SCCCCl)n2C)cc1. The fourth-order valence-corrected chi connectivity index (χ4v) is 3.25. The van der Waals surface area contributed by atoms with Crippen molar-refractivity contribution in [1.29, 1.82) is 0 Å². The molecule has 0 saturated heterocycles. The molecule has 2 rings (SSSR count). The van der Waals surface area contributed by atoms with Crippen molar-refractivity contribution in [3.05, 3.63) is 29.8 Å². The number of unbranched alkanes of at least 4 members (excludes halogenated alkanes) is 1. The van der Waals surface area contributed by atoms with Gasteiger partial charge < -0.3 is 4.57 Å². The van der Waals surface area contributed by atoms with E-state index in [1.165, 1.54) is 18.4 Å². The van der Waals surface area contributed by atoms with Gasteiger partial charge in [0.05, 0.1) is 0 Å². The molecule has 0 unspecified atom stereocenters. The minimum atomic E-state index is 0.691. The average Bonchev–Trinajstić information content (AvgIpc) is 2.87. The van der Waals surface area contributed by atoms with Crippen LogP contribution in [0.3, 0.4) is 0 Å². The number of alkyl halides is 1. The zero-order valence-corrected chi connectivity index (χ0v) is 14.3. The summed E-state index contributed by atoms with van der Waals surface area (Å²) in [6, 6.07) is 8.67. The summed E-state index contributed by atoms with van der Waals surface area (Å²) in [6.07, 6.45) is 4.61. The molecular formula is C16H22ClN3S. The van der Waals surface area contributed by atoms with Crippen molar-refractivity contribution in [3.63, 3.8) is 0 Å². The van der Waals surface area contributed by atoms with Crippen LogP contribution in [0.5, 0.6) is 0 Å². The van der Waals surface area contributed by atoms with Gasteiger partial charge in [0.25, 0.3) is 0 Å². The molecular weight excluding hydrogens is 302 g/mol. The van der Waals surface area contributed by atoms with E-state index in [0.29, 0.717) is 5.88 Å². The topological polar surface area (TPSA) is 30.7 Å². The van der Waals surface area contributed by atoms with Crippen molar-refractivity contribution in [3.8, 4) is 11.4 Å². The van der Waals surface area contributed by atoms with Gasteiger partial charge in [0, 0.05) is 24.2 Å². The third-order valence-corrected chi connectivity index (χ3v) is 4.75. The van der Waals surface area contributed by atoms with Crippen LogP contribution in [0, 0.1) is 0 Å². The number of rotatable bonds is 8. The van der Waals surface area contributed by atoms with E-state index in [9.17, 15) is 0 Å². The third-order valence-electron chi connectivity index (χ3n) is 3.38. The molecule has 21 heavy (non-hydrogen) atoms. The van der Waals surface area contributed by atoms with Crippen LogP contribution in [0.15, 0.2) is 29.4 Å². The molecule has 1 aromatic heterocycles. The first kappa shape index (κ1) is 16.4. The highest BCUT2D eigenvalue weighted by molar-refractivity contribution is 7.99. The molecule has 0 saturated carbocycles. The van der Waals surface area contributed by atoms with E-state index >= 15 is 0 Å². The Morgan fingerprint density at radius 1 is 1.14 bits per heavy atom. The lowest BCUT2D eigenvalue weighted by molar-refractivity contribution is 0.791. The zero-order valence-electron chi connectivity index (χ0n) is 12.7. The molecule has 114 valence electrons. The maximum Gasteiger partial charge on any atom is 0.191 e. The summed E-state index contributed by atoms with van der Waals surface area (Å²) >= 11 is 7.41. The van der Waals surface area contributed by atoms with Crippen molar-refractivity contribution in [2.45, 2.75) is 37.8 Å². The molecule has 0 atom stereocenters. The lowest BCUT2D eigenvalue weighted by Crippen LogP contribution is -1.96. The molecule has 5 heteroatoms. The Morgan fingerprint density at radius 3 is 2.57 bits per heavy atom. The highest BCUT2D eigenvalue weighted by Crippen LogP contribution is 2.23. The predicted octanol–water partition coefficient (Wildman–Crippen LogP) is 4.55. The quantitative estimate of drug-likeness (QED) is 0.406. The molecule has 0 fully saturated rings. The number of aromatic nitrogens is 3. The molecule has 0 bridgehead atoms. The first-order valence-electron chi connectivity index (χ1n) is 7.43. The number of aryl methyl sites for hydroxylation is 1. The van der Waals surface area contributed by atoms with Crippen LogP contribution in [0.25, 0.3) is 11.4 Å². The van der Waals surface area contributed by atoms with Crippen LogP contribution in [0.4, 0.5) is 0 Å². The normalized spacial score (nSPS) is 11.0. The van der Waals surface area contributed by atoms with Gasteiger partial charge in [0.2, 0.25) is 0 Å². The Bertz CT molecular complexity index is 551. The maximum atomic E-state index is 5.70. The van der Waals surface area contributed by atoms with E-state index in [-0.39, 0.29) is 0 Å². The summed E-state index contributed by atoms with van der Waals surface area (Å²) in [6.45, 7) is 2.22. The van der Waals surface area contributed by atoms with Gasteiger partial charge in [-0.1, -0.05) is 49.4 Å². The second-order valence-electron chi connectivity index (χ2n) is 5.06. The van der Waals surface area contributed by atoms with Crippen LogP contribution in [0.2, 0.25) is 0 Å². The lowest BCUT2D eigenvalue weighted by atomic mass is 10.1. The van der Waals surface area contributed by atoms with E-state index < -0.39 is 0 Å². The van der Waals surface area contributed by atoms with Crippen molar-refractivity contribution in [1.82, 2.24) is 14.8 Å². The third kappa shape index (κ3) is 4.48. The van der Waals surface area contributed by atoms with Gasteiger partial charge in [-0.05, 0) is 24.8 Å². The Kier molecular flexibility index (Phi) is 6.58. The molecule has 2 aromatic rings. The second-order valence-corrected chi connectivity index (χ2v) is 6.50. The summed E-state index contributed by atoms with van der Waals surface area (Å²) in [7, 11) is 2.02. The van der Waals surface area contributed by atoms with Crippen molar-refractivity contribution < 1.29 is 0 Å². The van der Waals surface area contributed by atoms with Gasteiger partial charge in [-0.2, -0.15) is 0 Å². The van der Waals surface area contributed by atoms with Crippen molar-refractivity contribution in [2.75, 3.05) is 11.6 Å². The summed E-state index contributed by atoms with van der Waals surface area (Å²) < 4.78 is 2.06. The van der Waals surface area contributed by atoms with Gasteiger partial charge in [-0.15, -0.1) is 21.8 Å². The maximum absolute atomic E-state index is 5.70. The van der Waals surface area contributed by atoms with Crippen molar-refractivity contribution >= 4 is 23.4 Å². The molecule has 0 radical (unpaired) electrons. The number of nitrogens with zero attached hydrogens (tertiary/aromatic N) is 3. The number of benzene rings is 1. The monoisotopic (exact) mass is 323 g/mol. The Morgan fingerprint density at radius 2 is 1.90 bits per heavy atom. The number of hydrogen-bond acceptors (Lipinski definition) is 3. The van der Waals surface area contributed by atoms with E-state index in [2.05, 4.69) is 46.0 Å². The summed E-state index contributed by atoms with van der Waals surface area (Å²) in [5.41, 5.74) is 2.51. The molecule has 0 amide bonds. The summed E-state index contributed by atoms with van der Waals surface area (Å²) in [4.78, 5) is 0. The summed E-state index contributed by atoms with van der Waals surface area (Å²) in [5, 5.41) is 9.53. The smallest absolute Gasteiger partial charge is 0.191 e. The van der Waals surface area contributed by atoms with Crippen LogP contribution in [-0.4, -0.2) is 26.4 Å². The van der Waals surface area contributed by atoms with Gasteiger partial charge in [-0.25, -0.2) is 0 Å². The fourth-order valence-electron chi connectivity index (χ4n) is 2.11. The Labute approximate surface area is 136 Å². The minimum Gasteiger partial charge on any atom is -0.305 e. The van der Waals surface area contributed by atoms with E-state index in [1.807, 2.05) is 7.05 Å². The minimum absolute atomic E-state index is 0.691. The first-order chi connectivity index (χ1) is 10.3. The van der Waals surface area contributed by atoms with E-state index in [1.54, 1.807) is 11.8 Å². The number of halogens is 1. The molecule has 3 nitrogen and oxygen atoms in total. The van der Waals surface area contributed by atoms with Crippen LogP contribution in [0.1, 0.15) is 31.7 Å². The van der Waals surface area contributed by atoms with Gasteiger partial charge in [0.15, 0.2) is 11.0 Å². The first-order valence-corrected chi connectivity index (χ1v) is 8.95. The average molecular weight is 324 g/mol. The molecule has 0 aliphatic rings. The molecule has 0 spiro atoms. The highest BCUT2D eigenvalue weighted by atomic mass is 35.5. The zero-order chi connectivity index (χ0) is 15.1. The lowest BCUT2D eigenvalue weighted by Gasteiger charge is -2.05. The summed E-state index contributed by atoms with van der Waals surface area (Å²) in [5.74, 6) is 2.59.